The third-order valence-corrected chi connectivity index (χ3v) is 3.65. The molecule has 0 spiro atoms. The van der Waals surface area contributed by atoms with Crippen LogP contribution in [0.2, 0.25) is 0 Å². The van der Waals surface area contributed by atoms with Crippen LogP contribution >= 0.6 is 0 Å². The Bertz CT molecular complexity index is 367. The van der Waals surface area contributed by atoms with Crippen molar-refractivity contribution in [1.29, 1.82) is 0 Å². The first-order valence-electron chi connectivity index (χ1n) is 7.80. The van der Waals surface area contributed by atoms with Crippen molar-refractivity contribution in [2.45, 2.75) is 64.8 Å². The van der Waals surface area contributed by atoms with Crippen LogP contribution in [0.3, 0.4) is 0 Å². The van der Waals surface area contributed by atoms with E-state index in [2.05, 4.69) is 5.32 Å². The summed E-state index contributed by atoms with van der Waals surface area (Å²) in [5.74, 6) is 0.0369. The van der Waals surface area contributed by atoms with Crippen molar-refractivity contribution in [2.75, 3.05) is 19.6 Å². The smallest absolute Gasteiger partial charge is 0.410 e. The molecule has 2 unspecified atom stereocenters. The van der Waals surface area contributed by atoms with Gasteiger partial charge in [0.1, 0.15) is 5.60 Å². The Morgan fingerprint density at radius 1 is 1.36 bits per heavy atom. The molecule has 0 aromatic rings. The molecule has 1 aliphatic heterocycles. The molecule has 1 rings (SSSR count). The van der Waals surface area contributed by atoms with E-state index in [4.69, 9.17) is 4.74 Å². The average molecular weight is 324 g/mol. The Morgan fingerprint density at radius 3 is 2.50 bits per heavy atom. The van der Waals surface area contributed by atoms with Crippen molar-refractivity contribution >= 4 is 6.09 Å². The van der Waals surface area contributed by atoms with E-state index in [9.17, 15) is 18.0 Å². The second kappa shape index (κ2) is 7.53. The van der Waals surface area contributed by atoms with Crippen LogP contribution in [0.1, 0.15) is 47.0 Å². The van der Waals surface area contributed by atoms with Gasteiger partial charge < -0.3 is 15.0 Å². The first-order valence-corrected chi connectivity index (χ1v) is 7.80. The highest BCUT2D eigenvalue weighted by Crippen LogP contribution is 2.28. The quantitative estimate of drug-likeness (QED) is 0.841. The molecule has 0 radical (unpaired) electrons. The third kappa shape index (κ3) is 6.85. The fourth-order valence-corrected chi connectivity index (χ4v) is 2.69. The minimum Gasteiger partial charge on any atom is -0.444 e. The maximum Gasteiger partial charge on any atom is 0.410 e. The summed E-state index contributed by atoms with van der Waals surface area (Å²) in [5, 5.41) is 3.13. The summed E-state index contributed by atoms with van der Waals surface area (Å²) < 4.78 is 42.6. The number of amides is 1. The Balaban J connectivity index is 2.55. The van der Waals surface area contributed by atoms with E-state index in [0.717, 1.165) is 0 Å². The molecular formula is C15H27F3N2O2. The molecule has 130 valence electrons. The van der Waals surface area contributed by atoms with E-state index in [0.29, 0.717) is 26.1 Å². The van der Waals surface area contributed by atoms with Crippen LogP contribution in [0.4, 0.5) is 18.0 Å². The van der Waals surface area contributed by atoms with Gasteiger partial charge in [-0.1, -0.05) is 6.92 Å². The molecule has 4 nitrogen and oxygen atoms in total. The van der Waals surface area contributed by atoms with E-state index < -0.39 is 18.2 Å². The van der Waals surface area contributed by atoms with E-state index in [1.165, 1.54) is 0 Å². The molecule has 0 aromatic heterocycles. The SMILES string of the molecule is CCNC(CCC(F)(F)F)C1CCN(C(=O)OC(C)(C)C)C1. The zero-order valence-electron chi connectivity index (χ0n) is 13.8. The standard InChI is InChI=1S/C15H27F3N2O2/c1-5-19-12(6-8-15(16,17)18)11-7-9-20(10-11)13(21)22-14(2,3)4/h11-12,19H,5-10H2,1-4H3. The number of hydrogen-bond acceptors (Lipinski definition) is 3. The largest absolute Gasteiger partial charge is 0.444 e. The van der Waals surface area contributed by atoms with Crippen LogP contribution < -0.4 is 5.32 Å². The van der Waals surface area contributed by atoms with Crippen molar-refractivity contribution in [1.82, 2.24) is 10.2 Å². The molecular weight excluding hydrogens is 297 g/mol. The van der Waals surface area contributed by atoms with Gasteiger partial charge in [-0.05, 0) is 46.1 Å². The van der Waals surface area contributed by atoms with Gasteiger partial charge in [0, 0.05) is 25.6 Å². The van der Waals surface area contributed by atoms with Crippen molar-refractivity contribution in [3.63, 3.8) is 0 Å². The Hall–Kier alpha value is -0.980. The highest BCUT2D eigenvalue weighted by molar-refractivity contribution is 5.68. The molecule has 1 N–H and O–H groups in total. The van der Waals surface area contributed by atoms with Gasteiger partial charge in [0.15, 0.2) is 0 Å². The van der Waals surface area contributed by atoms with Gasteiger partial charge >= 0.3 is 12.3 Å². The molecule has 7 heteroatoms. The molecule has 0 aromatic carbocycles. The van der Waals surface area contributed by atoms with Gasteiger partial charge in [-0.25, -0.2) is 4.79 Å². The summed E-state index contributed by atoms with van der Waals surface area (Å²) >= 11 is 0. The third-order valence-electron chi connectivity index (χ3n) is 3.65. The first-order chi connectivity index (χ1) is 10.0. The summed E-state index contributed by atoms with van der Waals surface area (Å²) in [5.41, 5.74) is -0.563. The number of carbonyl (C=O) groups is 1. The van der Waals surface area contributed by atoms with Gasteiger partial charge in [-0.15, -0.1) is 0 Å². The van der Waals surface area contributed by atoms with Crippen LogP contribution in [0, 0.1) is 5.92 Å². The number of nitrogens with zero attached hydrogens (tertiary/aromatic N) is 1. The molecule has 1 fully saturated rings. The zero-order chi connectivity index (χ0) is 17.0. The number of rotatable bonds is 5. The fraction of sp³-hybridized carbons (Fsp3) is 0.933. The molecule has 0 aliphatic carbocycles. The summed E-state index contributed by atoms with van der Waals surface area (Å²) in [6.07, 6.45) is -4.58. The van der Waals surface area contributed by atoms with Crippen LogP contribution in [0.5, 0.6) is 0 Å². The lowest BCUT2D eigenvalue weighted by Crippen LogP contribution is -2.40. The fourth-order valence-electron chi connectivity index (χ4n) is 2.69. The van der Waals surface area contributed by atoms with E-state index in [1.54, 1.807) is 25.7 Å². The second-order valence-corrected chi connectivity index (χ2v) is 6.79. The molecule has 1 amide bonds. The van der Waals surface area contributed by atoms with Crippen LogP contribution in [0.15, 0.2) is 0 Å². The monoisotopic (exact) mass is 324 g/mol. The van der Waals surface area contributed by atoms with Gasteiger partial charge in [0.25, 0.3) is 0 Å². The highest BCUT2D eigenvalue weighted by Gasteiger charge is 2.36. The predicted octanol–water partition coefficient (Wildman–Crippen LogP) is 3.56. The van der Waals surface area contributed by atoms with E-state index in [-0.39, 0.29) is 24.5 Å². The van der Waals surface area contributed by atoms with Crippen LogP contribution in [-0.4, -0.2) is 48.4 Å². The summed E-state index contributed by atoms with van der Waals surface area (Å²) in [7, 11) is 0. The first kappa shape index (κ1) is 19.1. The number of halogens is 3. The molecule has 1 saturated heterocycles. The van der Waals surface area contributed by atoms with Gasteiger partial charge in [0.05, 0.1) is 0 Å². The van der Waals surface area contributed by atoms with E-state index in [1.807, 2.05) is 6.92 Å². The minimum atomic E-state index is -4.14. The van der Waals surface area contributed by atoms with Crippen LogP contribution in [-0.2, 0) is 4.74 Å². The maximum atomic E-state index is 12.4. The van der Waals surface area contributed by atoms with Gasteiger partial charge in [0.2, 0.25) is 0 Å². The lowest BCUT2D eigenvalue weighted by molar-refractivity contribution is -0.137. The highest BCUT2D eigenvalue weighted by atomic mass is 19.4. The Labute approximate surface area is 130 Å². The Morgan fingerprint density at radius 2 is 2.00 bits per heavy atom. The van der Waals surface area contributed by atoms with Gasteiger partial charge in [-0.3, -0.25) is 0 Å². The topological polar surface area (TPSA) is 41.6 Å². The maximum absolute atomic E-state index is 12.4. The number of hydrogen-bond donors (Lipinski definition) is 1. The molecule has 0 saturated carbocycles. The number of likely N-dealkylation sites (tertiary alicyclic amines) is 1. The summed E-state index contributed by atoms with van der Waals surface area (Å²) in [4.78, 5) is 13.6. The second-order valence-electron chi connectivity index (χ2n) is 6.79. The minimum absolute atomic E-state index is 0.0369. The van der Waals surface area contributed by atoms with Gasteiger partial charge in [-0.2, -0.15) is 13.2 Å². The van der Waals surface area contributed by atoms with Crippen molar-refractivity contribution in [3.05, 3.63) is 0 Å². The normalized spacial score (nSPS) is 21.0. The van der Waals surface area contributed by atoms with E-state index >= 15 is 0 Å². The number of ether oxygens (including phenoxy) is 1. The number of nitrogens with one attached hydrogen (secondary N) is 1. The summed E-state index contributed by atoms with van der Waals surface area (Å²) in [6, 6.07) is -0.223. The zero-order valence-corrected chi connectivity index (χ0v) is 13.8. The molecule has 2 atom stereocenters. The summed E-state index contributed by atoms with van der Waals surface area (Å²) in [6.45, 7) is 8.86. The van der Waals surface area contributed by atoms with Crippen molar-refractivity contribution < 1.29 is 22.7 Å². The Kier molecular flexibility index (Phi) is 6.52. The number of alkyl halides is 3. The molecule has 1 heterocycles. The predicted molar refractivity (Wildman–Crippen MR) is 78.7 cm³/mol. The lowest BCUT2D eigenvalue weighted by Gasteiger charge is -2.27. The van der Waals surface area contributed by atoms with Crippen molar-refractivity contribution in [3.8, 4) is 0 Å². The molecule has 0 bridgehead atoms. The molecule has 22 heavy (non-hydrogen) atoms. The average Bonchev–Trinajstić information content (AvgIpc) is 2.80. The van der Waals surface area contributed by atoms with Crippen molar-refractivity contribution in [2.24, 2.45) is 5.92 Å². The molecule has 1 aliphatic rings. The van der Waals surface area contributed by atoms with Crippen LogP contribution in [0.25, 0.3) is 0 Å². The lowest BCUT2D eigenvalue weighted by atomic mass is 9.94. The number of carbonyl (C=O) groups excluding carboxylic acids is 1.